The Balaban J connectivity index is 2.43. The van der Waals surface area contributed by atoms with Crippen LogP contribution in [0.1, 0.15) is 24.8 Å². The van der Waals surface area contributed by atoms with Crippen LogP contribution in [0.25, 0.3) is 0 Å². The van der Waals surface area contributed by atoms with Crippen LogP contribution in [0.2, 0.25) is 0 Å². The highest BCUT2D eigenvalue weighted by atomic mass is 32.2. The molecule has 4 heteroatoms. The number of aliphatic carboxylic acids is 1. The van der Waals surface area contributed by atoms with Gasteiger partial charge in [0, 0.05) is 10.5 Å². The van der Waals surface area contributed by atoms with E-state index in [-0.39, 0.29) is 0 Å². The monoisotopic (exact) mass is 240 g/mol. The summed E-state index contributed by atoms with van der Waals surface area (Å²) < 4.78 is 13.8. The van der Waals surface area contributed by atoms with Gasteiger partial charge in [-0.2, -0.15) is 0 Å². The van der Waals surface area contributed by atoms with E-state index in [1.807, 2.05) is 6.26 Å². The van der Waals surface area contributed by atoms with Gasteiger partial charge in [-0.1, -0.05) is 12.5 Å². The second kappa shape index (κ2) is 4.09. The molecule has 0 bridgehead atoms. The zero-order chi connectivity index (χ0) is 11.8. The summed E-state index contributed by atoms with van der Waals surface area (Å²) in [6.07, 6.45) is 3.80. The largest absolute Gasteiger partial charge is 0.481 e. The number of carbonyl (C=O) groups is 1. The van der Waals surface area contributed by atoms with Gasteiger partial charge in [0.1, 0.15) is 5.82 Å². The molecule has 0 spiro atoms. The first-order valence-corrected chi connectivity index (χ1v) is 6.40. The summed E-state index contributed by atoms with van der Waals surface area (Å²) in [5.74, 6) is -1.30. The SMILES string of the molecule is CSc1ccc(C2(C(=O)O)CCC2)c(F)c1. The van der Waals surface area contributed by atoms with Crippen LogP contribution in [0.3, 0.4) is 0 Å². The van der Waals surface area contributed by atoms with Crippen molar-refractivity contribution in [2.24, 2.45) is 0 Å². The molecule has 0 radical (unpaired) electrons. The van der Waals surface area contributed by atoms with Crippen LogP contribution in [-0.4, -0.2) is 17.3 Å². The van der Waals surface area contributed by atoms with Crippen molar-refractivity contribution in [2.45, 2.75) is 29.6 Å². The Bertz CT molecular complexity index is 427. The highest BCUT2D eigenvalue weighted by Gasteiger charge is 2.47. The van der Waals surface area contributed by atoms with Crippen molar-refractivity contribution in [3.05, 3.63) is 29.6 Å². The van der Waals surface area contributed by atoms with Gasteiger partial charge in [-0.25, -0.2) is 4.39 Å². The minimum absolute atomic E-state index is 0.337. The van der Waals surface area contributed by atoms with E-state index in [9.17, 15) is 14.3 Å². The number of hydrogen-bond acceptors (Lipinski definition) is 2. The molecule has 1 saturated carbocycles. The van der Waals surface area contributed by atoms with Crippen LogP contribution in [0.15, 0.2) is 23.1 Å². The molecule has 0 aromatic heterocycles. The maximum atomic E-state index is 13.8. The Morgan fingerprint density at radius 3 is 2.56 bits per heavy atom. The van der Waals surface area contributed by atoms with Gasteiger partial charge in [-0.3, -0.25) is 4.79 Å². The predicted octanol–water partition coefficient (Wildman–Crippen LogP) is 3.05. The van der Waals surface area contributed by atoms with Gasteiger partial charge >= 0.3 is 5.97 Å². The van der Waals surface area contributed by atoms with Gasteiger partial charge in [0.15, 0.2) is 0 Å². The maximum Gasteiger partial charge on any atom is 0.314 e. The number of halogens is 1. The van der Waals surface area contributed by atoms with Crippen LogP contribution in [0, 0.1) is 5.82 Å². The zero-order valence-corrected chi connectivity index (χ0v) is 9.81. The molecule has 1 aromatic carbocycles. The second-order valence-electron chi connectivity index (χ2n) is 4.09. The van der Waals surface area contributed by atoms with Gasteiger partial charge in [-0.05, 0) is 31.2 Å². The fourth-order valence-electron chi connectivity index (χ4n) is 2.14. The van der Waals surface area contributed by atoms with Crippen LogP contribution in [-0.2, 0) is 10.2 Å². The molecule has 2 nitrogen and oxygen atoms in total. The van der Waals surface area contributed by atoms with Crippen LogP contribution in [0.4, 0.5) is 4.39 Å². The molecule has 86 valence electrons. The topological polar surface area (TPSA) is 37.3 Å². The average molecular weight is 240 g/mol. The number of thioether (sulfide) groups is 1. The van der Waals surface area contributed by atoms with Gasteiger partial charge in [0.2, 0.25) is 0 Å². The Labute approximate surface area is 97.9 Å². The quantitative estimate of drug-likeness (QED) is 0.825. The third-order valence-electron chi connectivity index (χ3n) is 3.31. The van der Waals surface area contributed by atoms with Crippen molar-refractivity contribution < 1.29 is 14.3 Å². The lowest BCUT2D eigenvalue weighted by Crippen LogP contribution is -2.43. The first-order valence-electron chi connectivity index (χ1n) is 5.17. The molecule has 0 unspecified atom stereocenters. The Morgan fingerprint density at radius 2 is 2.19 bits per heavy atom. The van der Waals surface area contributed by atoms with Gasteiger partial charge < -0.3 is 5.11 Å². The predicted molar refractivity (Wildman–Crippen MR) is 61.3 cm³/mol. The third kappa shape index (κ3) is 1.61. The first-order chi connectivity index (χ1) is 7.60. The summed E-state index contributed by atoms with van der Waals surface area (Å²) in [7, 11) is 0. The van der Waals surface area contributed by atoms with Crippen molar-refractivity contribution in [1.29, 1.82) is 0 Å². The first kappa shape index (κ1) is 11.5. The summed E-state index contributed by atoms with van der Waals surface area (Å²) in [6.45, 7) is 0. The normalized spacial score (nSPS) is 17.9. The molecule has 0 saturated heterocycles. The summed E-state index contributed by atoms with van der Waals surface area (Å²) in [4.78, 5) is 12.1. The molecule has 1 N–H and O–H groups in total. The van der Waals surface area contributed by atoms with Crippen molar-refractivity contribution in [3.63, 3.8) is 0 Å². The molecular weight excluding hydrogens is 227 g/mol. The third-order valence-corrected chi connectivity index (χ3v) is 4.03. The lowest BCUT2D eigenvalue weighted by molar-refractivity contribution is -0.147. The molecule has 2 rings (SSSR count). The Morgan fingerprint density at radius 1 is 1.50 bits per heavy atom. The molecule has 1 aromatic rings. The van der Waals surface area contributed by atoms with Crippen LogP contribution >= 0.6 is 11.8 Å². The van der Waals surface area contributed by atoms with E-state index in [1.165, 1.54) is 17.8 Å². The lowest BCUT2D eigenvalue weighted by Gasteiger charge is -2.38. The fourth-order valence-corrected chi connectivity index (χ4v) is 2.57. The molecule has 0 aliphatic heterocycles. The maximum absolute atomic E-state index is 13.8. The van der Waals surface area contributed by atoms with E-state index in [0.717, 1.165) is 11.3 Å². The molecular formula is C12H13FO2S. The van der Waals surface area contributed by atoms with Crippen molar-refractivity contribution in [2.75, 3.05) is 6.26 Å². The van der Waals surface area contributed by atoms with Crippen molar-refractivity contribution in [1.82, 2.24) is 0 Å². The molecule has 1 fully saturated rings. The van der Waals surface area contributed by atoms with E-state index in [0.29, 0.717) is 18.4 Å². The number of benzene rings is 1. The Hall–Kier alpha value is -1.03. The molecule has 0 amide bonds. The van der Waals surface area contributed by atoms with E-state index in [4.69, 9.17) is 0 Å². The van der Waals surface area contributed by atoms with E-state index < -0.39 is 17.2 Å². The summed E-state index contributed by atoms with van der Waals surface area (Å²) >= 11 is 1.45. The fraction of sp³-hybridized carbons (Fsp3) is 0.417. The number of rotatable bonds is 3. The number of carboxylic acid groups (broad SMARTS) is 1. The average Bonchev–Trinajstić information content (AvgIpc) is 2.18. The molecule has 0 atom stereocenters. The van der Waals surface area contributed by atoms with E-state index >= 15 is 0 Å². The van der Waals surface area contributed by atoms with E-state index in [1.54, 1.807) is 12.1 Å². The Kier molecular flexibility index (Phi) is 2.93. The lowest BCUT2D eigenvalue weighted by atomic mass is 9.64. The number of hydrogen-bond donors (Lipinski definition) is 1. The van der Waals surface area contributed by atoms with Crippen LogP contribution < -0.4 is 0 Å². The zero-order valence-electron chi connectivity index (χ0n) is 9.00. The van der Waals surface area contributed by atoms with Gasteiger partial charge in [-0.15, -0.1) is 11.8 Å². The molecule has 16 heavy (non-hydrogen) atoms. The second-order valence-corrected chi connectivity index (χ2v) is 4.97. The summed E-state index contributed by atoms with van der Waals surface area (Å²) in [5.41, 5.74) is -0.634. The van der Waals surface area contributed by atoms with Gasteiger partial charge in [0.25, 0.3) is 0 Å². The number of carboxylic acids is 1. The van der Waals surface area contributed by atoms with Gasteiger partial charge in [0.05, 0.1) is 5.41 Å². The molecule has 0 heterocycles. The van der Waals surface area contributed by atoms with Crippen molar-refractivity contribution in [3.8, 4) is 0 Å². The van der Waals surface area contributed by atoms with Crippen molar-refractivity contribution >= 4 is 17.7 Å². The van der Waals surface area contributed by atoms with Crippen LogP contribution in [0.5, 0.6) is 0 Å². The summed E-state index contributed by atoms with van der Waals surface area (Å²) in [5, 5.41) is 9.22. The highest BCUT2D eigenvalue weighted by molar-refractivity contribution is 7.98. The standard InChI is InChI=1S/C12H13FO2S/c1-16-8-3-4-9(10(13)7-8)12(11(14)15)5-2-6-12/h3-4,7H,2,5-6H2,1H3,(H,14,15). The smallest absolute Gasteiger partial charge is 0.314 e. The minimum Gasteiger partial charge on any atom is -0.481 e. The highest BCUT2D eigenvalue weighted by Crippen LogP contribution is 2.45. The molecule has 1 aliphatic rings. The molecule has 1 aliphatic carbocycles. The van der Waals surface area contributed by atoms with E-state index in [2.05, 4.69) is 0 Å². The minimum atomic E-state index is -0.971. The summed E-state index contributed by atoms with van der Waals surface area (Å²) in [6, 6.07) is 4.82.